The van der Waals surface area contributed by atoms with E-state index in [2.05, 4.69) is 16.5 Å². The lowest BCUT2D eigenvalue weighted by atomic mass is 10.5. The highest BCUT2D eigenvalue weighted by Crippen LogP contribution is 2.21. The molecule has 0 aromatic carbocycles. The zero-order valence-corrected chi connectivity index (χ0v) is 12.1. The predicted octanol–water partition coefficient (Wildman–Crippen LogP) is -1.16. The van der Waals surface area contributed by atoms with Crippen molar-refractivity contribution in [3.63, 3.8) is 0 Å². The summed E-state index contributed by atoms with van der Waals surface area (Å²) in [5, 5.41) is 10.9. The molecular formula is C12H13N4O4S-. The molecule has 21 heavy (non-hydrogen) atoms. The molecule has 1 N–H and O–H groups in total. The van der Waals surface area contributed by atoms with Crippen molar-refractivity contribution in [1.82, 2.24) is 19.1 Å². The number of carbonyl (C=O) groups excluding carboxylic acids is 1. The maximum Gasteiger partial charge on any atom is 0.329 e. The van der Waals surface area contributed by atoms with E-state index in [1.54, 1.807) is 10.6 Å². The van der Waals surface area contributed by atoms with E-state index in [4.69, 9.17) is 0 Å². The Morgan fingerprint density at radius 2 is 2.24 bits per heavy atom. The van der Waals surface area contributed by atoms with Crippen molar-refractivity contribution < 1.29 is 9.90 Å². The monoisotopic (exact) mass is 309 g/mol. The van der Waals surface area contributed by atoms with Crippen LogP contribution in [0.5, 0.6) is 0 Å². The molecule has 0 aliphatic heterocycles. The Kier molecular flexibility index (Phi) is 4.32. The molecule has 2 heterocycles. The topological polar surface area (TPSA) is 113 Å². The number of imidazole rings is 1. The fraction of sp³-hybridized carbons (Fsp3) is 0.333. The molecule has 0 bridgehead atoms. The molecule has 0 atom stereocenters. The summed E-state index contributed by atoms with van der Waals surface area (Å²) in [6.07, 6.45) is 1.46. The first-order chi connectivity index (χ1) is 9.95. The van der Waals surface area contributed by atoms with Gasteiger partial charge in [0.1, 0.15) is 0 Å². The van der Waals surface area contributed by atoms with Crippen molar-refractivity contribution in [2.75, 3.05) is 5.75 Å². The van der Waals surface area contributed by atoms with Gasteiger partial charge in [0.05, 0.1) is 0 Å². The number of nitrogens with one attached hydrogen (secondary N) is 1. The largest absolute Gasteiger partial charge is 0.550 e. The molecule has 0 aliphatic rings. The van der Waals surface area contributed by atoms with Gasteiger partial charge in [-0.25, -0.2) is 9.78 Å². The summed E-state index contributed by atoms with van der Waals surface area (Å²) in [6.45, 7) is 3.94. The van der Waals surface area contributed by atoms with Crippen LogP contribution in [0.25, 0.3) is 11.2 Å². The van der Waals surface area contributed by atoms with Gasteiger partial charge >= 0.3 is 5.69 Å². The number of rotatable bonds is 6. The van der Waals surface area contributed by atoms with E-state index >= 15 is 0 Å². The van der Waals surface area contributed by atoms with E-state index in [0.29, 0.717) is 11.7 Å². The Hall–Kier alpha value is -2.29. The van der Waals surface area contributed by atoms with Gasteiger partial charge in [-0.2, -0.15) is 0 Å². The van der Waals surface area contributed by atoms with Crippen molar-refractivity contribution in [1.29, 1.82) is 0 Å². The van der Waals surface area contributed by atoms with Gasteiger partial charge in [0.25, 0.3) is 5.56 Å². The van der Waals surface area contributed by atoms with Gasteiger partial charge in [0.2, 0.25) is 0 Å². The first-order valence-electron chi connectivity index (χ1n) is 6.08. The van der Waals surface area contributed by atoms with Crippen molar-refractivity contribution in [3.05, 3.63) is 33.5 Å². The van der Waals surface area contributed by atoms with Crippen LogP contribution in [0.2, 0.25) is 0 Å². The predicted molar refractivity (Wildman–Crippen MR) is 76.1 cm³/mol. The third-order valence-electron chi connectivity index (χ3n) is 2.82. The minimum absolute atomic E-state index is 0.128. The Morgan fingerprint density at radius 3 is 2.86 bits per heavy atom. The Labute approximate surface area is 123 Å². The van der Waals surface area contributed by atoms with Gasteiger partial charge < -0.3 is 14.5 Å². The summed E-state index contributed by atoms with van der Waals surface area (Å²) < 4.78 is 2.83. The SMILES string of the molecule is C=CCn1c(SCCC(=O)[O-])nc2c1c(=O)[nH]c(=O)n2C. The fourth-order valence-electron chi connectivity index (χ4n) is 1.85. The third kappa shape index (κ3) is 2.92. The molecule has 0 spiro atoms. The van der Waals surface area contributed by atoms with E-state index in [1.807, 2.05) is 0 Å². The Bertz CT molecular complexity index is 817. The molecule has 9 heteroatoms. The highest BCUT2D eigenvalue weighted by atomic mass is 32.2. The molecular weight excluding hydrogens is 296 g/mol. The number of carboxylic acids is 1. The number of carboxylic acid groups (broad SMARTS) is 1. The molecule has 0 fully saturated rings. The number of aromatic amines is 1. The number of aryl methyl sites for hydroxylation is 1. The van der Waals surface area contributed by atoms with Crippen LogP contribution < -0.4 is 16.4 Å². The molecule has 2 rings (SSSR count). The maximum atomic E-state index is 12.0. The van der Waals surface area contributed by atoms with Crippen LogP contribution in [0.3, 0.4) is 0 Å². The van der Waals surface area contributed by atoms with Crippen LogP contribution >= 0.6 is 11.8 Å². The summed E-state index contributed by atoms with van der Waals surface area (Å²) in [7, 11) is 1.50. The van der Waals surface area contributed by atoms with Crippen molar-refractivity contribution in [3.8, 4) is 0 Å². The molecule has 2 aromatic heterocycles. The maximum absolute atomic E-state index is 12.0. The lowest BCUT2D eigenvalue weighted by Crippen LogP contribution is -2.29. The van der Waals surface area contributed by atoms with Crippen LogP contribution in [0.15, 0.2) is 27.4 Å². The fourth-order valence-corrected chi connectivity index (χ4v) is 2.77. The summed E-state index contributed by atoms with van der Waals surface area (Å²) in [6, 6.07) is 0. The molecule has 0 unspecified atom stereocenters. The van der Waals surface area contributed by atoms with Crippen molar-refractivity contribution in [2.45, 2.75) is 18.1 Å². The lowest BCUT2D eigenvalue weighted by molar-refractivity contribution is -0.305. The highest BCUT2D eigenvalue weighted by molar-refractivity contribution is 7.99. The minimum atomic E-state index is -1.15. The van der Waals surface area contributed by atoms with Crippen LogP contribution in [-0.4, -0.2) is 30.8 Å². The second-order valence-corrected chi connectivity index (χ2v) is 5.32. The Balaban J connectivity index is 2.57. The molecule has 2 aromatic rings. The smallest absolute Gasteiger partial charge is 0.329 e. The van der Waals surface area contributed by atoms with E-state index in [0.717, 1.165) is 0 Å². The number of aliphatic carboxylic acids is 1. The number of H-pyrrole nitrogens is 1. The van der Waals surface area contributed by atoms with Gasteiger partial charge in [0.15, 0.2) is 16.3 Å². The number of carbonyl (C=O) groups is 1. The summed E-state index contributed by atoms with van der Waals surface area (Å²) >= 11 is 1.18. The quantitative estimate of drug-likeness (QED) is 0.532. The zero-order valence-electron chi connectivity index (χ0n) is 11.3. The lowest BCUT2D eigenvalue weighted by Gasteiger charge is -2.05. The molecule has 112 valence electrons. The average molecular weight is 309 g/mol. The van der Waals surface area contributed by atoms with Crippen molar-refractivity contribution >= 4 is 28.9 Å². The molecule has 0 saturated carbocycles. The first kappa shape index (κ1) is 15.1. The van der Waals surface area contributed by atoms with Crippen LogP contribution in [0, 0.1) is 0 Å². The number of hydrogen-bond acceptors (Lipinski definition) is 6. The summed E-state index contributed by atoms with van der Waals surface area (Å²) in [4.78, 5) is 40.5. The molecule has 0 saturated heterocycles. The van der Waals surface area contributed by atoms with Gasteiger partial charge in [-0.15, -0.1) is 6.58 Å². The number of aromatic nitrogens is 4. The first-order valence-corrected chi connectivity index (χ1v) is 7.07. The molecule has 8 nitrogen and oxygen atoms in total. The van der Waals surface area contributed by atoms with Gasteiger partial charge in [-0.1, -0.05) is 17.8 Å². The van der Waals surface area contributed by atoms with E-state index in [1.165, 1.54) is 23.4 Å². The average Bonchev–Trinajstić information content (AvgIpc) is 2.76. The number of thioether (sulfide) groups is 1. The Morgan fingerprint density at radius 1 is 1.52 bits per heavy atom. The third-order valence-corrected chi connectivity index (χ3v) is 3.80. The number of fused-ring (bicyclic) bond motifs is 1. The standard InChI is InChI=1S/C12H14N4O4S/c1-3-5-16-8-9(15(2)11(20)14-10(8)19)13-12(16)21-6-4-7(17)18/h3H,1,4-6H2,2H3,(H,17,18)(H,14,19,20)/p-1. The van der Waals surface area contributed by atoms with Crippen LogP contribution in [0.1, 0.15) is 6.42 Å². The molecule has 0 aliphatic carbocycles. The highest BCUT2D eigenvalue weighted by Gasteiger charge is 2.16. The number of nitrogens with zero attached hydrogens (tertiary/aromatic N) is 3. The summed E-state index contributed by atoms with van der Waals surface area (Å²) in [5.41, 5.74) is -0.578. The van der Waals surface area contributed by atoms with Gasteiger partial charge in [-0.05, 0) is 6.42 Å². The molecule has 0 radical (unpaired) electrons. The number of allylic oxidation sites excluding steroid dienone is 1. The second-order valence-electron chi connectivity index (χ2n) is 4.25. The van der Waals surface area contributed by atoms with Crippen LogP contribution in [-0.2, 0) is 18.4 Å². The van der Waals surface area contributed by atoms with E-state index < -0.39 is 17.2 Å². The minimum Gasteiger partial charge on any atom is -0.550 e. The normalized spacial score (nSPS) is 10.9. The van der Waals surface area contributed by atoms with E-state index in [-0.39, 0.29) is 23.3 Å². The second kappa shape index (κ2) is 6.00. The van der Waals surface area contributed by atoms with Gasteiger partial charge in [-0.3, -0.25) is 14.3 Å². The molecule has 0 amide bonds. The van der Waals surface area contributed by atoms with E-state index in [9.17, 15) is 19.5 Å². The number of hydrogen-bond donors (Lipinski definition) is 1. The summed E-state index contributed by atoms with van der Waals surface area (Å²) in [5.74, 6) is -0.895. The van der Waals surface area contributed by atoms with Gasteiger partial charge in [0, 0.05) is 25.3 Å². The van der Waals surface area contributed by atoms with Crippen LogP contribution in [0.4, 0.5) is 0 Å². The van der Waals surface area contributed by atoms with Crippen molar-refractivity contribution in [2.24, 2.45) is 7.05 Å². The zero-order chi connectivity index (χ0) is 15.6.